The van der Waals surface area contributed by atoms with Crippen LogP contribution in [-0.4, -0.2) is 41.4 Å². The number of likely N-dealkylation sites (tertiary alicyclic amines) is 1. The summed E-state index contributed by atoms with van der Waals surface area (Å²) >= 11 is 0. The molecule has 0 saturated carbocycles. The van der Waals surface area contributed by atoms with Crippen LogP contribution in [0.15, 0.2) is 42.6 Å². The summed E-state index contributed by atoms with van der Waals surface area (Å²) < 4.78 is 5.33. The van der Waals surface area contributed by atoms with E-state index in [0.29, 0.717) is 13.0 Å². The van der Waals surface area contributed by atoms with Gasteiger partial charge in [0.05, 0.1) is 19.4 Å². The van der Waals surface area contributed by atoms with E-state index >= 15 is 0 Å². The zero-order chi connectivity index (χ0) is 19.5. The lowest BCUT2D eigenvalue weighted by Gasteiger charge is -2.41. The van der Waals surface area contributed by atoms with Gasteiger partial charge in [0.2, 0.25) is 11.8 Å². The summed E-state index contributed by atoms with van der Waals surface area (Å²) in [5.41, 5.74) is 2.66. The second-order valence-electron chi connectivity index (χ2n) is 7.47. The van der Waals surface area contributed by atoms with Crippen LogP contribution in [0, 0.1) is 5.92 Å². The minimum absolute atomic E-state index is 0.000188. The number of ether oxygens (including phenoxy) is 1. The van der Waals surface area contributed by atoms with Crippen molar-refractivity contribution in [2.45, 2.75) is 38.1 Å². The highest BCUT2D eigenvalue weighted by molar-refractivity contribution is 5.96. The molecule has 1 aromatic heterocycles. The molecule has 6 nitrogen and oxygen atoms in total. The van der Waals surface area contributed by atoms with E-state index in [1.165, 1.54) is 0 Å². The minimum atomic E-state index is -0.243. The van der Waals surface area contributed by atoms with Gasteiger partial charge in [-0.2, -0.15) is 0 Å². The smallest absolute Gasteiger partial charge is 0.229 e. The van der Waals surface area contributed by atoms with E-state index in [0.717, 1.165) is 42.0 Å². The van der Waals surface area contributed by atoms with E-state index in [2.05, 4.69) is 10.3 Å². The van der Waals surface area contributed by atoms with Gasteiger partial charge >= 0.3 is 0 Å². The van der Waals surface area contributed by atoms with Gasteiger partial charge in [-0.25, -0.2) is 0 Å². The number of carbonyl (C=O) groups excluding carboxylic acids is 2. The summed E-state index contributed by atoms with van der Waals surface area (Å²) in [6.07, 6.45) is 5.46. The molecular formula is C22H25N3O3. The predicted molar refractivity (Wildman–Crippen MR) is 106 cm³/mol. The number of fused-ring (bicyclic) bond motifs is 1. The molecule has 0 radical (unpaired) electrons. The molecule has 2 amide bonds. The standard InChI is InChI=1S/C22H25N3O3/c1-28-17-8-9-19-15(12-17)13-18(22(27)24-19)20-7-3-5-11-25(20)21(26)14-16-6-2-4-10-23-16/h2,4,6,8-10,12,18,20H,3,5,7,11,13-14H2,1H3,(H,24,27)/t18-,20+/m0/s1. The van der Waals surface area contributed by atoms with Crippen molar-refractivity contribution in [1.82, 2.24) is 9.88 Å². The number of aromatic nitrogens is 1. The summed E-state index contributed by atoms with van der Waals surface area (Å²) in [6, 6.07) is 11.2. The Labute approximate surface area is 164 Å². The quantitative estimate of drug-likeness (QED) is 0.887. The molecule has 2 atom stereocenters. The SMILES string of the molecule is COc1ccc2c(c1)C[C@@H]([C@H]1CCCCN1C(=O)Cc1ccccn1)C(=O)N2. The molecular weight excluding hydrogens is 354 g/mol. The summed E-state index contributed by atoms with van der Waals surface area (Å²) in [6.45, 7) is 0.699. The lowest BCUT2D eigenvalue weighted by molar-refractivity contribution is -0.137. The fourth-order valence-electron chi connectivity index (χ4n) is 4.30. The highest BCUT2D eigenvalue weighted by Crippen LogP contribution is 2.34. The normalized spacial score (nSPS) is 21.6. The molecule has 1 N–H and O–H groups in total. The number of hydrogen-bond donors (Lipinski definition) is 1. The third kappa shape index (κ3) is 3.72. The topological polar surface area (TPSA) is 71.5 Å². The number of benzene rings is 1. The van der Waals surface area contributed by atoms with Crippen LogP contribution in [-0.2, 0) is 22.4 Å². The first-order valence-corrected chi connectivity index (χ1v) is 9.83. The Bertz CT molecular complexity index is 869. The molecule has 2 aliphatic rings. The molecule has 2 aliphatic heterocycles. The predicted octanol–water partition coefficient (Wildman–Crippen LogP) is 2.82. The molecule has 2 aromatic rings. The molecule has 6 heteroatoms. The van der Waals surface area contributed by atoms with E-state index in [1.54, 1.807) is 13.3 Å². The number of anilines is 1. The maximum Gasteiger partial charge on any atom is 0.229 e. The van der Waals surface area contributed by atoms with Crippen molar-refractivity contribution >= 4 is 17.5 Å². The van der Waals surface area contributed by atoms with Gasteiger partial charge in [-0.05, 0) is 61.6 Å². The van der Waals surface area contributed by atoms with Crippen LogP contribution in [0.25, 0.3) is 0 Å². The number of methoxy groups -OCH3 is 1. The van der Waals surface area contributed by atoms with Crippen LogP contribution >= 0.6 is 0 Å². The molecule has 0 bridgehead atoms. The average molecular weight is 379 g/mol. The molecule has 0 spiro atoms. The zero-order valence-electron chi connectivity index (χ0n) is 16.1. The Morgan fingerprint density at radius 2 is 2.18 bits per heavy atom. The number of amides is 2. The van der Waals surface area contributed by atoms with E-state index in [9.17, 15) is 9.59 Å². The van der Waals surface area contributed by atoms with Gasteiger partial charge in [0.15, 0.2) is 0 Å². The Morgan fingerprint density at radius 3 is 2.96 bits per heavy atom. The largest absolute Gasteiger partial charge is 0.497 e. The summed E-state index contributed by atoms with van der Waals surface area (Å²) in [4.78, 5) is 32.0. The maximum absolute atomic E-state index is 13.0. The number of carbonyl (C=O) groups is 2. The minimum Gasteiger partial charge on any atom is -0.497 e. The van der Waals surface area contributed by atoms with E-state index < -0.39 is 0 Å². The Hall–Kier alpha value is -2.89. The third-order valence-electron chi connectivity index (χ3n) is 5.74. The molecule has 1 aromatic carbocycles. The van der Waals surface area contributed by atoms with Crippen molar-refractivity contribution in [1.29, 1.82) is 0 Å². The van der Waals surface area contributed by atoms with Crippen LogP contribution in [0.4, 0.5) is 5.69 Å². The number of rotatable bonds is 4. The average Bonchev–Trinajstić information content (AvgIpc) is 2.73. The van der Waals surface area contributed by atoms with E-state index in [4.69, 9.17) is 4.74 Å². The zero-order valence-corrected chi connectivity index (χ0v) is 16.1. The van der Waals surface area contributed by atoms with Crippen LogP contribution in [0.2, 0.25) is 0 Å². The Kier molecular flexibility index (Phi) is 5.28. The Balaban J connectivity index is 1.55. The highest BCUT2D eigenvalue weighted by atomic mass is 16.5. The Morgan fingerprint density at radius 1 is 1.29 bits per heavy atom. The number of hydrogen-bond acceptors (Lipinski definition) is 4. The van der Waals surface area contributed by atoms with Gasteiger partial charge < -0.3 is 15.0 Å². The first-order valence-electron chi connectivity index (χ1n) is 9.83. The first-order chi connectivity index (χ1) is 13.7. The van der Waals surface area contributed by atoms with Crippen molar-refractivity contribution in [3.63, 3.8) is 0 Å². The number of nitrogens with one attached hydrogen (secondary N) is 1. The van der Waals surface area contributed by atoms with Crippen LogP contribution in [0.3, 0.4) is 0 Å². The second kappa shape index (κ2) is 8.00. The molecule has 1 fully saturated rings. The first kappa shape index (κ1) is 18.5. The highest BCUT2D eigenvalue weighted by Gasteiger charge is 2.39. The fraction of sp³-hybridized carbons (Fsp3) is 0.409. The van der Waals surface area contributed by atoms with Crippen molar-refractivity contribution in [3.05, 3.63) is 53.9 Å². The van der Waals surface area contributed by atoms with Crippen LogP contribution in [0.5, 0.6) is 5.75 Å². The lowest BCUT2D eigenvalue weighted by atomic mass is 9.82. The van der Waals surface area contributed by atoms with E-state index in [-0.39, 0.29) is 30.2 Å². The van der Waals surface area contributed by atoms with Gasteiger partial charge in [0.1, 0.15) is 5.75 Å². The van der Waals surface area contributed by atoms with Crippen LogP contribution in [0.1, 0.15) is 30.5 Å². The number of nitrogens with zero attached hydrogens (tertiary/aromatic N) is 2. The van der Waals surface area contributed by atoms with Gasteiger partial charge in [0, 0.05) is 30.2 Å². The monoisotopic (exact) mass is 379 g/mol. The number of piperidine rings is 1. The summed E-state index contributed by atoms with van der Waals surface area (Å²) in [7, 11) is 1.64. The lowest BCUT2D eigenvalue weighted by Crippen LogP contribution is -2.52. The van der Waals surface area contributed by atoms with Crippen molar-refractivity contribution in [2.75, 3.05) is 19.0 Å². The molecule has 1 saturated heterocycles. The molecule has 0 aliphatic carbocycles. The summed E-state index contributed by atoms with van der Waals surface area (Å²) in [5.74, 6) is 0.584. The molecule has 3 heterocycles. The molecule has 146 valence electrons. The van der Waals surface area contributed by atoms with Gasteiger partial charge in [-0.1, -0.05) is 6.07 Å². The van der Waals surface area contributed by atoms with Gasteiger partial charge in [-0.3, -0.25) is 14.6 Å². The van der Waals surface area contributed by atoms with Gasteiger partial charge in [0.25, 0.3) is 0 Å². The van der Waals surface area contributed by atoms with Crippen LogP contribution < -0.4 is 10.1 Å². The molecule has 28 heavy (non-hydrogen) atoms. The number of pyridine rings is 1. The molecule has 0 unspecified atom stereocenters. The van der Waals surface area contributed by atoms with Crippen molar-refractivity contribution < 1.29 is 14.3 Å². The van der Waals surface area contributed by atoms with E-state index in [1.807, 2.05) is 41.3 Å². The second-order valence-corrected chi connectivity index (χ2v) is 7.47. The summed E-state index contributed by atoms with van der Waals surface area (Å²) in [5, 5.41) is 3.02. The molecule has 4 rings (SSSR count). The fourth-order valence-corrected chi connectivity index (χ4v) is 4.30. The van der Waals surface area contributed by atoms with Gasteiger partial charge in [-0.15, -0.1) is 0 Å². The third-order valence-corrected chi connectivity index (χ3v) is 5.74. The van der Waals surface area contributed by atoms with Crippen molar-refractivity contribution in [2.24, 2.45) is 5.92 Å². The maximum atomic E-state index is 13.0. The van der Waals surface area contributed by atoms with Crippen molar-refractivity contribution in [3.8, 4) is 5.75 Å².